The van der Waals surface area contributed by atoms with Gasteiger partial charge in [-0.25, -0.2) is 0 Å². The van der Waals surface area contributed by atoms with Crippen LogP contribution in [0.25, 0.3) is 11.0 Å². The van der Waals surface area contributed by atoms with Crippen LogP contribution in [0.3, 0.4) is 0 Å². The van der Waals surface area contributed by atoms with Crippen molar-refractivity contribution in [2.75, 3.05) is 37.7 Å². The highest BCUT2D eigenvalue weighted by Crippen LogP contribution is 2.37. The van der Waals surface area contributed by atoms with E-state index in [1.807, 2.05) is 13.8 Å². The number of furan rings is 1. The van der Waals surface area contributed by atoms with Crippen LogP contribution in [0.2, 0.25) is 0 Å². The molecule has 1 aromatic carbocycles. The maximum absolute atomic E-state index is 6.22. The number of aryl methyl sites for hydroxylation is 2. The van der Waals surface area contributed by atoms with Gasteiger partial charge >= 0.3 is 0 Å². The van der Waals surface area contributed by atoms with Crippen molar-refractivity contribution >= 4 is 16.7 Å². The van der Waals surface area contributed by atoms with Gasteiger partial charge < -0.3 is 14.1 Å². The van der Waals surface area contributed by atoms with E-state index in [1.165, 1.54) is 11.3 Å². The molecule has 0 saturated carbocycles. The second kappa shape index (κ2) is 7.62. The molecule has 0 bridgehead atoms. The Labute approximate surface area is 178 Å². The van der Waals surface area contributed by atoms with Crippen LogP contribution in [0.1, 0.15) is 42.5 Å². The minimum atomic E-state index is 0.241. The summed E-state index contributed by atoms with van der Waals surface area (Å²) in [7, 11) is 0. The highest BCUT2D eigenvalue weighted by molar-refractivity contribution is 5.80. The molecule has 0 aliphatic carbocycles. The summed E-state index contributed by atoms with van der Waals surface area (Å²) >= 11 is 0. The molecular weight excluding hydrogens is 374 g/mol. The molecule has 30 heavy (non-hydrogen) atoms. The van der Waals surface area contributed by atoms with Crippen molar-refractivity contribution in [2.45, 2.75) is 46.1 Å². The van der Waals surface area contributed by atoms with E-state index < -0.39 is 0 Å². The Hall–Kier alpha value is -2.53. The second-order valence-corrected chi connectivity index (χ2v) is 9.04. The quantitative estimate of drug-likeness (QED) is 0.632. The molecule has 2 aliphatic heterocycles. The van der Waals surface area contributed by atoms with Gasteiger partial charge in [-0.15, -0.1) is 0 Å². The normalized spacial score (nSPS) is 19.9. The molecule has 5 nitrogen and oxygen atoms in total. The van der Waals surface area contributed by atoms with Gasteiger partial charge in [-0.05, 0) is 57.9 Å². The molecule has 2 aliphatic rings. The van der Waals surface area contributed by atoms with Crippen LogP contribution < -0.4 is 9.64 Å². The van der Waals surface area contributed by atoms with E-state index in [2.05, 4.69) is 59.0 Å². The van der Waals surface area contributed by atoms with Gasteiger partial charge in [0.1, 0.15) is 11.5 Å². The first-order chi connectivity index (χ1) is 14.5. The average molecular weight is 406 g/mol. The van der Waals surface area contributed by atoms with Gasteiger partial charge in [-0.3, -0.25) is 9.88 Å². The fourth-order valence-corrected chi connectivity index (χ4v) is 4.83. The van der Waals surface area contributed by atoms with Crippen LogP contribution in [0.15, 0.2) is 34.7 Å². The number of ether oxygens (including phenoxy) is 1. The Morgan fingerprint density at radius 1 is 1.03 bits per heavy atom. The highest BCUT2D eigenvalue weighted by Gasteiger charge is 2.26. The Kier molecular flexibility index (Phi) is 4.94. The molecule has 4 heterocycles. The van der Waals surface area contributed by atoms with Crippen LogP contribution in [0.4, 0.5) is 5.69 Å². The van der Waals surface area contributed by atoms with E-state index in [-0.39, 0.29) is 5.92 Å². The average Bonchev–Trinajstić information content (AvgIpc) is 3.17. The molecule has 1 unspecified atom stereocenters. The summed E-state index contributed by atoms with van der Waals surface area (Å²) in [5.74, 6) is 2.27. The van der Waals surface area contributed by atoms with Crippen LogP contribution in [-0.4, -0.2) is 48.7 Å². The molecule has 1 atom stereocenters. The summed E-state index contributed by atoms with van der Waals surface area (Å²) in [4.78, 5) is 9.55. The lowest BCUT2D eigenvalue weighted by Gasteiger charge is -2.38. The van der Waals surface area contributed by atoms with Gasteiger partial charge in [0.15, 0.2) is 5.58 Å². The zero-order valence-corrected chi connectivity index (χ0v) is 18.4. The van der Waals surface area contributed by atoms with E-state index >= 15 is 0 Å². The number of benzene rings is 1. The van der Waals surface area contributed by atoms with E-state index in [1.54, 1.807) is 0 Å². The Morgan fingerprint density at radius 3 is 2.60 bits per heavy atom. The van der Waals surface area contributed by atoms with Gasteiger partial charge in [0.25, 0.3) is 0 Å². The van der Waals surface area contributed by atoms with Crippen molar-refractivity contribution in [1.29, 1.82) is 0 Å². The van der Waals surface area contributed by atoms with Gasteiger partial charge in [0.05, 0.1) is 18.2 Å². The molecule has 158 valence electrons. The van der Waals surface area contributed by atoms with Gasteiger partial charge in [-0.1, -0.05) is 6.07 Å². The number of anilines is 1. The number of fused-ring (bicyclic) bond motifs is 2. The molecule has 0 amide bonds. The van der Waals surface area contributed by atoms with Gasteiger partial charge in [-0.2, -0.15) is 0 Å². The van der Waals surface area contributed by atoms with E-state index in [0.29, 0.717) is 12.6 Å². The summed E-state index contributed by atoms with van der Waals surface area (Å²) in [5.41, 5.74) is 5.42. The first kappa shape index (κ1) is 19.4. The molecule has 0 N–H and O–H groups in total. The highest BCUT2D eigenvalue weighted by atomic mass is 16.5. The fourth-order valence-electron chi connectivity index (χ4n) is 4.83. The first-order valence-corrected chi connectivity index (χ1v) is 11.1. The van der Waals surface area contributed by atoms with Crippen molar-refractivity contribution in [3.05, 3.63) is 53.0 Å². The van der Waals surface area contributed by atoms with E-state index in [9.17, 15) is 0 Å². The molecule has 2 aromatic heterocycles. The lowest BCUT2D eigenvalue weighted by atomic mass is 9.94. The minimum absolute atomic E-state index is 0.241. The molecular formula is C25H31N3O2. The van der Waals surface area contributed by atoms with E-state index in [0.717, 1.165) is 66.5 Å². The summed E-state index contributed by atoms with van der Waals surface area (Å²) < 4.78 is 12.4. The summed E-state index contributed by atoms with van der Waals surface area (Å²) in [6, 6.07) is 11.6. The predicted molar refractivity (Wildman–Crippen MR) is 121 cm³/mol. The number of hydrogen-bond donors (Lipinski definition) is 0. The Bertz CT molecular complexity index is 1060. The molecule has 0 spiro atoms. The third-order valence-electron chi connectivity index (χ3n) is 6.59. The number of piperazine rings is 1. The summed E-state index contributed by atoms with van der Waals surface area (Å²) in [6.07, 6.45) is 0.946. The molecule has 3 aromatic rings. The molecule has 1 saturated heterocycles. The van der Waals surface area contributed by atoms with Gasteiger partial charge in [0, 0.05) is 55.1 Å². The molecule has 5 rings (SSSR count). The fraction of sp³-hybridized carbons (Fsp3) is 0.480. The molecule has 0 radical (unpaired) electrons. The first-order valence-electron chi connectivity index (χ1n) is 11.1. The number of pyridine rings is 1. The number of rotatable bonds is 3. The second-order valence-electron chi connectivity index (χ2n) is 9.04. The predicted octanol–water partition coefficient (Wildman–Crippen LogP) is 4.69. The topological polar surface area (TPSA) is 41.7 Å². The van der Waals surface area contributed by atoms with Gasteiger partial charge in [0.2, 0.25) is 0 Å². The summed E-state index contributed by atoms with van der Waals surface area (Å²) in [5, 5.41) is 1.14. The Balaban J connectivity index is 1.32. The maximum Gasteiger partial charge on any atom is 0.155 e. The molecule has 1 fully saturated rings. The minimum Gasteiger partial charge on any atom is -0.492 e. The van der Waals surface area contributed by atoms with Crippen LogP contribution >= 0.6 is 0 Å². The maximum atomic E-state index is 6.22. The third kappa shape index (κ3) is 3.56. The monoisotopic (exact) mass is 405 g/mol. The van der Waals surface area contributed by atoms with E-state index in [4.69, 9.17) is 9.15 Å². The largest absolute Gasteiger partial charge is 0.492 e. The lowest BCUT2D eigenvalue weighted by Crippen LogP contribution is -2.48. The van der Waals surface area contributed by atoms with Crippen molar-refractivity contribution < 1.29 is 9.15 Å². The zero-order chi connectivity index (χ0) is 20.8. The van der Waals surface area contributed by atoms with Crippen molar-refractivity contribution in [3.63, 3.8) is 0 Å². The van der Waals surface area contributed by atoms with Crippen LogP contribution in [0.5, 0.6) is 5.75 Å². The SMILES string of the molecule is Cc1cc2cc(C3COc4cc(N5CCN(C(C)C)CC5)ccc4C3)oc2c(C)n1. The Morgan fingerprint density at radius 2 is 1.83 bits per heavy atom. The lowest BCUT2D eigenvalue weighted by molar-refractivity contribution is 0.209. The van der Waals surface area contributed by atoms with Crippen molar-refractivity contribution in [3.8, 4) is 5.75 Å². The zero-order valence-electron chi connectivity index (χ0n) is 18.4. The third-order valence-corrected chi connectivity index (χ3v) is 6.59. The number of hydrogen-bond acceptors (Lipinski definition) is 5. The van der Waals surface area contributed by atoms with Crippen molar-refractivity contribution in [1.82, 2.24) is 9.88 Å². The molecule has 5 heteroatoms. The standard InChI is InChI=1S/C25H31N3O2/c1-16(2)27-7-9-28(10-8-27)22-6-5-19-12-21(15-29-23(19)14-22)24-13-20-11-17(3)26-18(4)25(20)30-24/h5-6,11,13-14,16,21H,7-10,12,15H2,1-4H3. The van der Waals surface area contributed by atoms with Crippen molar-refractivity contribution in [2.24, 2.45) is 0 Å². The number of aromatic nitrogens is 1. The smallest absolute Gasteiger partial charge is 0.155 e. The summed E-state index contributed by atoms with van der Waals surface area (Å²) in [6.45, 7) is 13.6. The number of nitrogens with zero attached hydrogens (tertiary/aromatic N) is 3. The van der Waals surface area contributed by atoms with Crippen LogP contribution in [-0.2, 0) is 6.42 Å². The van der Waals surface area contributed by atoms with Crippen LogP contribution in [0, 0.1) is 13.8 Å².